The van der Waals surface area contributed by atoms with Crippen molar-refractivity contribution in [2.75, 3.05) is 9.80 Å². The fourth-order valence-corrected chi connectivity index (χ4v) is 10.0. The van der Waals surface area contributed by atoms with Gasteiger partial charge in [-0.3, -0.25) is 0 Å². The van der Waals surface area contributed by atoms with Crippen LogP contribution >= 0.6 is 0 Å². The second-order valence-corrected chi connectivity index (χ2v) is 19.0. The molecule has 8 aromatic carbocycles. The smallest absolute Gasteiger partial charge is 0.252 e. The molecule has 10 aromatic rings. The third-order valence-electron chi connectivity index (χ3n) is 13.2. The van der Waals surface area contributed by atoms with Crippen LogP contribution in [-0.2, 0) is 10.8 Å². The molecule has 2 aliphatic rings. The van der Waals surface area contributed by atoms with Crippen molar-refractivity contribution in [3.63, 3.8) is 0 Å². The van der Waals surface area contributed by atoms with E-state index in [4.69, 9.17) is 8.83 Å². The average molecular weight is 789 g/mol. The standard InChI is InChI=1S/C56H45BN2O2/c1-55(2,3)36-20-24-38(25-21-36)58-46-32-52-42(40-16-10-12-18-50(40)60-52)30-44(46)57-45-31-43-41-17-11-13-19-51(41)61-53(43)33-47(45)59(39-26-22-37(23-27-39)56(4,5)6)49-29-35(28-48(58)54(49)57)34-14-8-7-9-15-34/h7-33H,1-6H3. The summed E-state index contributed by atoms with van der Waals surface area (Å²) >= 11 is 0. The van der Waals surface area contributed by atoms with Crippen molar-refractivity contribution in [3.05, 3.63) is 175 Å². The molecular weight excluding hydrogens is 743 g/mol. The number of benzene rings is 8. The Morgan fingerprint density at radius 3 is 1.25 bits per heavy atom. The van der Waals surface area contributed by atoms with Gasteiger partial charge in [0.2, 0.25) is 0 Å². The summed E-state index contributed by atoms with van der Waals surface area (Å²) in [6, 6.07) is 60.3. The molecule has 12 rings (SSSR count). The van der Waals surface area contributed by atoms with Crippen LogP contribution < -0.4 is 26.2 Å². The first-order valence-corrected chi connectivity index (χ1v) is 21.4. The zero-order valence-electron chi connectivity index (χ0n) is 35.4. The van der Waals surface area contributed by atoms with E-state index in [0.717, 1.165) is 83.6 Å². The van der Waals surface area contributed by atoms with Crippen molar-refractivity contribution in [1.29, 1.82) is 0 Å². The largest absolute Gasteiger partial charge is 0.456 e. The molecule has 2 aromatic heterocycles. The SMILES string of the molecule is CC(C)(C)c1ccc(N2c3cc4oc5ccccc5c4cc3B3c4cc5c(cc4N(c4ccc(C(C)(C)C)cc4)c4cc(-c6ccccc6)cc2c43)oc2ccccc25)cc1. The molecule has 4 heterocycles. The lowest BCUT2D eigenvalue weighted by Crippen LogP contribution is -2.61. The van der Waals surface area contributed by atoms with Gasteiger partial charge in [-0.2, -0.15) is 0 Å². The number of fused-ring (bicyclic) bond motifs is 10. The van der Waals surface area contributed by atoms with Crippen LogP contribution in [0.25, 0.3) is 55.0 Å². The monoisotopic (exact) mass is 788 g/mol. The van der Waals surface area contributed by atoms with Gasteiger partial charge in [0.25, 0.3) is 6.71 Å². The second kappa shape index (κ2) is 12.8. The molecule has 4 nitrogen and oxygen atoms in total. The molecular formula is C56H45BN2O2. The summed E-state index contributed by atoms with van der Waals surface area (Å²) in [6.07, 6.45) is 0. The van der Waals surface area contributed by atoms with Gasteiger partial charge >= 0.3 is 0 Å². The van der Waals surface area contributed by atoms with E-state index in [1.807, 2.05) is 0 Å². The van der Waals surface area contributed by atoms with E-state index >= 15 is 0 Å². The van der Waals surface area contributed by atoms with Gasteiger partial charge in [0.05, 0.1) is 0 Å². The van der Waals surface area contributed by atoms with Crippen molar-refractivity contribution in [3.8, 4) is 11.1 Å². The highest BCUT2D eigenvalue weighted by Crippen LogP contribution is 2.48. The number of hydrogen-bond donors (Lipinski definition) is 0. The summed E-state index contributed by atoms with van der Waals surface area (Å²) in [5.41, 5.74) is 19.1. The highest BCUT2D eigenvalue weighted by atomic mass is 16.3. The first-order chi connectivity index (χ1) is 29.5. The lowest BCUT2D eigenvalue weighted by atomic mass is 9.33. The quantitative estimate of drug-likeness (QED) is 0.167. The Morgan fingerprint density at radius 1 is 0.377 bits per heavy atom. The number of nitrogens with zero attached hydrogens (tertiary/aromatic N) is 2. The number of furan rings is 2. The number of para-hydroxylation sites is 2. The molecule has 294 valence electrons. The first-order valence-electron chi connectivity index (χ1n) is 21.4. The Bertz CT molecular complexity index is 3180. The number of anilines is 6. The Hall–Kier alpha value is -6.98. The topological polar surface area (TPSA) is 32.8 Å². The molecule has 0 aliphatic carbocycles. The van der Waals surface area contributed by atoms with Crippen molar-refractivity contribution in [2.45, 2.75) is 52.4 Å². The summed E-state index contributed by atoms with van der Waals surface area (Å²) in [6.45, 7) is 13.6. The Labute approximate surface area is 356 Å². The van der Waals surface area contributed by atoms with Gasteiger partial charge < -0.3 is 18.6 Å². The summed E-state index contributed by atoms with van der Waals surface area (Å²) in [5.74, 6) is 0. The van der Waals surface area contributed by atoms with Gasteiger partial charge in [-0.15, -0.1) is 0 Å². The lowest BCUT2D eigenvalue weighted by Gasteiger charge is -2.44. The molecule has 5 heteroatoms. The second-order valence-electron chi connectivity index (χ2n) is 19.0. The van der Waals surface area contributed by atoms with Crippen LogP contribution in [0.3, 0.4) is 0 Å². The molecule has 0 saturated heterocycles. The molecule has 0 N–H and O–H groups in total. The fourth-order valence-electron chi connectivity index (χ4n) is 10.0. The first kappa shape index (κ1) is 35.9. The van der Waals surface area contributed by atoms with Crippen molar-refractivity contribution in [2.24, 2.45) is 0 Å². The summed E-state index contributed by atoms with van der Waals surface area (Å²) in [7, 11) is 0. The van der Waals surface area contributed by atoms with Gasteiger partial charge in [-0.1, -0.05) is 145 Å². The van der Waals surface area contributed by atoms with Crippen LogP contribution in [0.1, 0.15) is 52.7 Å². The number of hydrogen-bond acceptors (Lipinski definition) is 4. The molecule has 0 bridgehead atoms. The highest BCUT2D eigenvalue weighted by Gasteiger charge is 2.44. The molecule has 0 unspecified atom stereocenters. The van der Waals surface area contributed by atoms with Gasteiger partial charge in [-0.25, -0.2) is 0 Å². The Morgan fingerprint density at radius 2 is 0.803 bits per heavy atom. The zero-order valence-corrected chi connectivity index (χ0v) is 35.4. The molecule has 0 spiro atoms. The van der Waals surface area contributed by atoms with Crippen molar-refractivity contribution >= 4 is 101 Å². The number of rotatable bonds is 3. The van der Waals surface area contributed by atoms with E-state index in [0.29, 0.717) is 0 Å². The minimum absolute atomic E-state index is 0.0194. The maximum Gasteiger partial charge on any atom is 0.252 e. The van der Waals surface area contributed by atoms with Crippen LogP contribution in [0.2, 0.25) is 0 Å². The molecule has 0 radical (unpaired) electrons. The van der Waals surface area contributed by atoms with Crippen molar-refractivity contribution in [1.82, 2.24) is 0 Å². The molecule has 0 saturated carbocycles. The molecule has 0 amide bonds. The maximum absolute atomic E-state index is 6.68. The van der Waals surface area contributed by atoms with Crippen LogP contribution in [0, 0.1) is 0 Å². The van der Waals surface area contributed by atoms with E-state index in [-0.39, 0.29) is 17.5 Å². The van der Waals surface area contributed by atoms with Gasteiger partial charge in [-0.05, 0) is 98.0 Å². The van der Waals surface area contributed by atoms with Crippen LogP contribution in [0.4, 0.5) is 34.1 Å². The lowest BCUT2D eigenvalue weighted by molar-refractivity contribution is 0.590. The van der Waals surface area contributed by atoms with Gasteiger partial charge in [0, 0.05) is 67.8 Å². The van der Waals surface area contributed by atoms with E-state index in [9.17, 15) is 0 Å². The van der Waals surface area contributed by atoms with Crippen LogP contribution in [0.5, 0.6) is 0 Å². The highest BCUT2D eigenvalue weighted by molar-refractivity contribution is 7.00. The van der Waals surface area contributed by atoms with E-state index in [1.54, 1.807) is 0 Å². The molecule has 61 heavy (non-hydrogen) atoms. The molecule has 0 atom stereocenters. The van der Waals surface area contributed by atoms with Gasteiger partial charge in [0.1, 0.15) is 22.3 Å². The summed E-state index contributed by atoms with van der Waals surface area (Å²) in [4.78, 5) is 4.99. The minimum atomic E-state index is -0.0915. The predicted octanol–water partition coefficient (Wildman–Crippen LogP) is 13.8. The fraction of sp³-hybridized carbons (Fsp3) is 0.143. The van der Waals surface area contributed by atoms with E-state index < -0.39 is 0 Å². The van der Waals surface area contributed by atoms with E-state index in [2.05, 4.69) is 215 Å². The summed E-state index contributed by atoms with van der Waals surface area (Å²) < 4.78 is 13.4. The van der Waals surface area contributed by atoms with Crippen LogP contribution in [-0.4, -0.2) is 6.71 Å². The third-order valence-corrected chi connectivity index (χ3v) is 13.2. The normalized spacial score (nSPS) is 13.6. The summed E-state index contributed by atoms with van der Waals surface area (Å²) in [5, 5.41) is 4.50. The Balaban J connectivity index is 1.23. The minimum Gasteiger partial charge on any atom is -0.456 e. The van der Waals surface area contributed by atoms with Crippen molar-refractivity contribution < 1.29 is 8.83 Å². The predicted molar refractivity (Wildman–Crippen MR) is 258 cm³/mol. The van der Waals surface area contributed by atoms with Crippen LogP contribution in [0.15, 0.2) is 173 Å². The average Bonchev–Trinajstić information content (AvgIpc) is 3.82. The maximum atomic E-state index is 6.68. The van der Waals surface area contributed by atoms with Gasteiger partial charge in [0.15, 0.2) is 0 Å². The van der Waals surface area contributed by atoms with E-state index in [1.165, 1.54) is 33.1 Å². The Kier molecular flexibility index (Phi) is 7.52. The third kappa shape index (κ3) is 5.46. The molecule has 2 aliphatic heterocycles. The zero-order chi connectivity index (χ0) is 41.4. The molecule has 0 fully saturated rings.